The van der Waals surface area contributed by atoms with E-state index >= 15 is 0 Å². The standard InChI is InChI=1S/C23H29Cl2NO3/c1-2-12-26(13-14-29-23-19(24)8-5-9-20(23)25)15-16-6-3-4-7-18-17(16)10-11-21(27)22(18)28/h5,8-11,16,27-28H,2-4,6-7,12-15H2,1H3. The Balaban J connectivity index is 1.68. The summed E-state index contributed by atoms with van der Waals surface area (Å²) in [4.78, 5) is 2.40. The van der Waals surface area contributed by atoms with Crippen LogP contribution in [0.3, 0.4) is 0 Å². The van der Waals surface area contributed by atoms with Crippen LogP contribution >= 0.6 is 23.2 Å². The van der Waals surface area contributed by atoms with Gasteiger partial charge in [0.15, 0.2) is 17.2 Å². The average molecular weight is 438 g/mol. The van der Waals surface area contributed by atoms with Crippen molar-refractivity contribution in [2.75, 3.05) is 26.2 Å². The molecule has 1 aliphatic carbocycles. The van der Waals surface area contributed by atoms with E-state index in [1.54, 1.807) is 24.3 Å². The van der Waals surface area contributed by atoms with Crippen molar-refractivity contribution in [2.45, 2.75) is 44.9 Å². The van der Waals surface area contributed by atoms with Crippen LogP contribution in [0.5, 0.6) is 17.2 Å². The third kappa shape index (κ3) is 5.50. The molecule has 2 aromatic rings. The number of phenols is 2. The molecule has 0 aliphatic heterocycles. The van der Waals surface area contributed by atoms with E-state index in [0.717, 1.165) is 62.9 Å². The first kappa shape index (κ1) is 22.1. The second-order valence-electron chi connectivity index (χ2n) is 7.64. The second kappa shape index (κ2) is 10.4. The Morgan fingerprint density at radius 3 is 2.55 bits per heavy atom. The predicted molar refractivity (Wildman–Crippen MR) is 119 cm³/mol. The maximum absolute atomic E-state index is 10.3. The van der Waals surface area contributed by atoms with E-state index in [9.17, 15) is 10.2 Å². The van der Waals surface area contributed by atoms with Gasteiger partial charge in [-0.05, 0) is 61.9 Å². The van der Waals surface area contributed by atoms with Gasteiger partial charge in [0.25, 0.3) is 0 Å². The van der Waals surface area contributed by atoms with Gasteiger partial charge in [0.2, 0.25) is 0 Å². The third-order valence-electron chi connectivity index (χ3n) is 5.56. The summed E-state index contributed by atoms with van der Waals surface area (Å²) in [6, 6.07) is 8.94. The first-order chi connectivity index (χ1) is 14.0. The van der Waals surface area contributed by atoms with Crippen LogP contribution in [0.25, 0.3) is 0 Å². The number of aromatic hydroxyl groups is 2. The Hall–Kier alpha value is -1.62. The van der Waals surface area contributed by atoms with Crippen LogP contribution in [0.15, 0.2) is 30.3 Å². The van der Waals surface area contributed by atoms with Crippen molar-refractivity contribution in [3.8, 4) is 17.2 Å². The lowest BCUT2D eigenvalue weighted by Gasteiger charge is -2.28. The minimum absolute atomic E-state index is 0.0279. The van der Waals surface area contributed by atoms with Crippen LogP contribution in [0.2, 0.25) is 10.0 Å². The Bertz CT molecular complexity index is 808. The number of ether oxygens (including phenoxy) is 1. The molecule has 2 N–H and O–H groups in total. The van der Waals surface area contributed by atoms with Gasteiger partial charge < -0.3 is 14.9 Å². The molecule has 1 unspecified atom stereocenters. The van der Waals surface area contributed by atoms with Crippen LogP contribution in [0.1, 0.15) is 49.7 Å². The van der Waals surface area contributed by atoms with E-state index in [1.165, 1.54) is 0 Å². The van der Waals surface area contributed by atoms with Crippen LogP contribution in [-0.4, -0.2) is 41.4 Å². The van der Waals surface area contributed by atoms with Crippen molar-refractivity contribution in [2.24, 2.45) is 0 Å². The van der Waals surface area contributed by atoms with Gasteiger partial charge in [-0.25, -0.2) is 0 Å². The Kier molecular flexibility index (Phi) is 7.93. The van der Waals surface area contributed by atoms with E-state index in [-0.39, 0.29) is 11.5 Å². The molecule has 4 nitrogen and oxygen atoms in total. The topological polar surface area (TPSA) is 52.9 Å². The van der Waals surface area contributed by atoms with Crippen molar-refractivity contribution < 1.29 is 14.9 Å². The number of fused-ring (bicyclic) bond motifs is 1. The zero-order chi connectivity index (χ0) is 20.8. The summed E-state index contributed by atoms with van der Waals surface area (Å²) in [5, 5.41) is 21.3. The fourth-order valence-electron chi connectivity index (χ4n) is 4.14. The van der Waals surface area contributed by atoms with Crippen molar-refractivity contribution in [3.05, 3.63) is 51.5 Å². The molecule has 29 heavy (non-hydrogen) atoms. The summed E-state index contributed by atoms with van der Waals surface area (Å²) in [6.45, 7) is 5.30. The molecule has 1 atom stereocenters. The van der Waals surface area contributed by atoms with E-state index in [2.05, 4.69) is 11.8 Å². The fourth-order valence-corrected chi connectivity index (χ4v) is 4.65. The van der Waals surface area contributed by atoms with E-state index in [4.69, 9.17) is 27.9 Å². The van der Waals surface area contributed by atoms with Crippen LogP contribution < -0.4 is 4.74 Å². The van der Waals surface area contributed by atoms with Gasteiger partial charge in [-0.1, -0.05) is 48.7 Å². The number of hydrogen-bond acceptors (Lipinski definition) is 4. The number of benzene rings is 2. The lowest BCUT2D eigenvalue weighted by molar-refractivity contribution is 0.197. The van der Waals surface area contributed by atoms with Gasteiger partial charge in [-0.3, -0.25) is 4.90 Å². The van der Waals surface area contributed by atoms with Crippen molar-refractivity contribution in [3.63, 3.8) is 0 Å². The summed E-state index contributed by atoms with van der Waals surface area (Å²) in [5.41, 5.74) is 2.07. The Morgan fingerprint density at radius 2 is 1.83 bits per heavy atom. The Morgan fingerprint density at radius 1 is 1.07 bits per heavy atom. The molecule has 158 valence electrons. The highest BCUT2D eigenvalue weighted by molar-refractivity contribution is 6.37. The van der Waals surface area contributed by atoms with Gasteiger partial charge in [-0.2, -0.15) is 0 Å². The quantitative estimate of drug-likeness (QED) is 0.392. The monoisotopic (exact) mass is 437 g/mol. The number of nitrogens with zero attached hydrogens (tertiary/aromatic N) is 1. The molecule has 0 saturated heterocycles. The van der Waals surface area contributed by atoms with Gasteiger partial charge in [-0.15, -0.1) is 0 Å². The van der Waals surface area contributed by atoms with Crippen molar-refractivity contribution >= 4 is 23.2 Å². The SMILES string of the molecule is CCCN(CCOc1c(Cl)cccc1Cl)CC1CCCCc2c1ccc(O)c2O. The van der Waals surface area contributed by atoms with Gasteiger partial charge in [0, 0.05) is 18.7 Å². The van der Waals surface area contributed by atoms with Crippen molar-refractivity contribution in [1.82, 2.24) is 4.90 Å². The summed E-state index contributed by atoms with van der Waals surface area (Å²) < 4.78 is 5.88. The van der Waals surface area contributed by atoms with E-state index < -0.39 is 0 Å². The van der Waals surface area contributed by atoms with E-state index in [1.807, 2.05) is 6.07 Å². The van der Waals surface area contributed by atoms with Crippen LogP contribution in [0, 0.1) is 0 Å². The largest absolute Gasteiger partial charge is 0.504 e. The van der Waals surface area contributed by atoms with E-state index in [0.29, 0.717) is 28.3 Å². The fraction of sp³-hybridized carbons (Fsp3) is 0.478. The molecule has 0 fully saturated rings. The van der Waals surface area contributed by atoms with Crippen molar-refractivity contribution in [1.29, 1.82) is 0 Å². The van der Waals surface area contributed by atoms with Gasteiger partial charge in [0.05, 0.1) is 10.0 Å². The van der Waals surface area contributed by atoms with Gasteiger partial charge in [0.1, 0.15) is 6.61 Å². The van der Waals surface area contributed by atoms with Crippen LogP contribution in [-0.2, 0) is 6.42 Å². The van der Waals surface area contributed by atoms with Gasteiger partial charge >= 0.3 is 0 Å². The first-order valence-corrected chi connectivity index (χ1v) is 11.1. The number of hydrogen-bond donors (Lipinski definition) is 2. The number of para-hydroxylation sites is 1. The molecular weight excluding hydrogens is 409 g/mol. The molecule has 0 spiro atoms. The maximum atomic E-state index is 10.3. The molecular formula is C23H29Cl2NO3. The molecule has 0 heterocycles. The molecule has 1 aliphatic rings. The Labute approximate surface area is 183 Å². The molecule has 3 rings (SSSR count). The molecule has 0 radical (unpaired) electrons. The molecule has 0 aromatic heterocycles. The normalized spacial score (nSPS) is 16.5. The zero-order valence-corrected chi connectivity index (χ0v) is 18.3. The highest BCUT2D eigenvalue weighted by Gasteiger charge is 2.24. The summed E-state index contributed by atoms with van der Waals surface area (Å²) in [5.74, 6) is 0.884. The molecule has 2 aromatic carbocycles. The molecule has 0 amide bonds. The summed E-state index contributed by atoms with van der Waals surface area (Å²) in [7, 11) is 0. The summed E-state index contributed by atoms with van der Waals surface area (Å²) >= 11 is 12.4. The molecule has 6 heteroatoms. The predicted octanol–water partition coefficient (Wildman–Crippen LogP) is 6.01. The van der Waals surface area contributed by atoms with Crippen LogP contribution in [0.4, 0.5) is 0 Å². The highest BCUT2D eigenvalue weighted by Crippen LogP contribution is 2.40. The second-order valence-corrected chi connectivity index (χ2v) is 8.46. The lowest BCUT2D eigenvalue weighted by atomic mass is 9.91. The lowest BCUT2D eigenvalue weighted by Crippen LogP contribution is -2.33. The number of rotatable bonds is 8. The highest BCUT2D eigenvalue weighted by atomic mass is 35.5. The maximum Gasteiger partial charge on any atom is 0.160 e. The number of phenolic OH excluding ortho intramolecular Hbond substituents is 2. The summed E-state index contributed by atoms with van der Waals surface area (Å²) in [6.07, 6.45) is 5.09. The third-order valence-corrected chi connectivity index (χ3v) is 6.15. The molecule has 0 saturated carbocycles. The first-order valence-electron chi connectivity index (χ1n) is 10.3. The minimum Gasteiger partial charge on any atom is -0.504 e. The average Bonchev–Trinajstić information content (AvgIpc) is 2.90. The molecule has 0 bridgehead atoms. The minimum atomic E-state index is -0.0279. The zero-order valence-electron chi connectivity index (χ0n) is 16.8. The smallest absolute Gasteiger partial charge is 0.160 e. The number of halogens is 2.